The summed E-state index contributed by atoms with van der Waals surface area (Å²) in [6.45, 7) is 4.85. The first-order chi connectivity index (χ1) is 10.2. The summed E-state index contributed by atoms with van der Waals surface area (Å²) in [6.07, 6.45) is 2.12. The van der Waals surface area contributed by atoms with Crippen LogP contribution in [-0.4, -0.2) is 13.7 Å². The highest BCUT2D eigenvalue weighted by Crippen LogP contribution is 2.28. The molecule has 0 heterocycles. The van der Waals surface area contributed by atoms with Crippen LogP contribution in [0.1, 0.15) is 36.1 Å². The highest BCUT2D eigenvalue weighted by molar-refractivity contribution is 5.36. The van der Waals surface area contributed by atoms with Crippen LogP contribution in [0, 0.1) is 6.92 Å². The Balaban J connectivity index is 2.07. The van der Waals surface area contributed by atoms with Gasteiger partial charge in [0, 0.05) is 11.6 Å². The fraction of sp³-hybridized carbons (Fsp3) is 0.368. The molecule has 0 bridgehead atoms. The molecule has 2 aromatic rings. The zero-order chi connectivity index (χ0) is 15.1. The zero-order valence-electron chi connectivity index (χ0n) is 13.2. The van der Waals surface area contributed by atoms with Crippen LogP contribution >= 0.6 is 0 Å². The van der Waals surface area contributed by atoms with E-state index in [1.54, 1.807) is 0 Å². The van der Waals surface area contributed by atoms with Gasteiger partial charge >= 0.3 is 0 Å². The van der Waals surface area contributed by atoms with Gasteiger partial charge < -0.3 is 10.1 Å². The molecule has 0 aliphatic carbocycles. The summed E-state index contributed by atoms with van der Waals surface area (Å²) in [7, 11) is 2.02. The van der Waals surface area contributed by atoms with Crippen molar-refractivity contribution in [2.75, 3.05) is 13.7 Å². The standard InChI is InChI=1S/C19H25NO/c1-4-21-19-8-6-5-7-17(19)18(20-3)14-13-16-11-9-15(2)10-12-16/h5-12,18,20H,4,13-14H2,1-3H3. The molecule has 0 saturated carbocycles. The molecule has 0 fully saturated rings. The van der Waals surface area contributed by atoms with E-state index in [0.29, 0.717) is 12.6 Å². The number of ether oxygens (including phenoxy) is 1. The smallest absolute Gasteiger partial charge is 0.124 e. The van der Waals surface area contributed by atoms with Gasteiger partial charge in [0.2, 0.25) is 0 Å². The first-order valence-electron chi connectivity index (χ1n) is 7.69. The highest BCUT2D eigenvalue weighted by Gasteiger charge is 2.14. The van der Waals surface area contributed by atoms with Crippen molar-refractivity contribution in [1.29, 1.82) is 0 Å². The largest absolute Gasteiger partial charge is 0.494 e. The van der Waals surface area contributed by atoms with Gasteiger partial charge in [0.05, 0.1) is 6.61 Å². The summed E-state index contributed by atoms with van der Waals surface area (Å²) in [5, 5.41) is 3.42. The van der Waals surface area contributed by atoms with Crippen molar-refractivity contribution in [3.63, 3.8) is 0 Å². The number of hydrogen-bond donors (Lipinski definition) is 1. The van der Waals surface area contributed by atoms with Crippen LogP contribution in [0.15, 0.2) is 48.5 Å². The van der Waals surface area contributed by atoms with Crippen LogP contribution < -0.4 is 10.1 Å². The van der Waals surface area contributed by atoms with Crippen molar-refractivity contribution in [2.45, 2.75) is 32.7 Å². The maximum atomic E-state index is 5.75. The summed E-state index contributed by atoms with van der Waals surface area (Å²) < 4.78 is 5.75. The van der Waals surface area contributed by atoms with Gasteiger partial charge in [0.15, 0.2) is 0 Å². The number of aryl methyl sites for hydroxylation is 2. The number of benzene rings is 2. The lowest BCUT2D eigenvalue weighted by Gasteiger charge is -2.20. The van der Waals surface area contributed by atoms with E-state index in [9.17, 15) is 0 Å². The zero-order valence-corrected chi connectivity index (χ0v) is 13.2. The molecule has 2 heteroatoms. The SMILES string of the molecule is CCOc1ccccc1C(CCc1ccc(C)cc1)NC. The first kappa shape index (κ1) is 15.6. The maximum Gasteiger partial charge on any atom is 0.124 e. The molecular formula is C19H25NO. The normalized spacial score (nSPS) is 12.1. The monoisotopic (exact) mass is 283 g/mol. The predicted octanol–water partition coefficient (Wildman–Crippen LogP) is 4.29. The van der Waals surface area contributed by atoms with E-state index in [0.717, 1.165) is 18.6 Å². The average Bonchev–Trinajstić information content (AvgIpc) is 2.51. The van der Waals surface area contributed by atoms with Crippen LogP contribution in [0.5, 0.6) is 5.75 Å². The second-order valence-electron chi connectivity index (χ2n) is 5.34. The first-order valence-corrected chi connectivity index (χ1v) is 7.69. The Morgan fingerprint density at radius 2 is 1.76 bits per heavy atom. The molecule has 0 radical (unpaired) electrons. The van der Waals surface area contributed by atoms with Crippen molar-refractivity contribution < 1.29 is 4.74 Å². The van der Waals surface area contributed by atoms with E-state index in [-0.39, 0.29) is 0 Å². The predicted molar refractivity (Wildman–Crippen MR) is 88.9 cm³/mol. The Morgan fingerprint density at radius 1 is 1.05 bits per heavy atom. The molecule has 2 rings (SSSR count). The van der Waals surface area contributed by atoms with Gasteiger partial charge in [-0.3, -0.25) is 0 Å². The molecule has 21 heavy (non-hydrogen) atoms. The van der Waals surface area contributed by atoms with Crippen LogP contribution in [0.25, 0.3) is 0 Å². The Labute approximate surface area is 128 Å². The van der Waals surface area contributed by atoms with Gasteiger partial charge in [0.25, 0.3) is 0 Å². The summed E-state index contributed by atoms with van der Waals surface area (Å²) in [5.41, 5.74) is 3.94. The average molecular weight is 283 g/mol. The molecule has 2 nitrogen and oxygen atoms in total. The van der Waals surface area contributed by atoms with Crippen molar-refractivity contribution >= 4 is 0 Å². The molecule has 0 aromatic heterocycles. The Morgan fingerprint density at radius 3 is 2.43 bits per heavy atom. The quantitative estimate of drug-likeness (QED) is 0.818. The molecule has 1 N–H and O–H groups in total. The minimum absolute atomic E-state index is 0.314. The molecule has 112 valence electrons. The molecule has 0 aliphatic heterocycles. The second-order valence-corrected chi connectivity index (χ2v) is 5.34. The van der Waals surface area contributed by atoms with Crippen LogP contribution in [0.4, 0.5) is 0 Å². The molecule has 0 aliphatic rings. The third-order valence-corrected chi connectivity index (χ3v) is 3.79. The Bertz CT molecular complexity index is 548. The van der Waals surface area contributed by atoms with Gasteiger partial charge in [-0.2, -0.15) is 0 Å². The van der Waals surface area contributed by atoms with Crippen molar-refractivity contribution in [3.05, 3.63) is 65.2 Å². The van der Waals surface area contributed by atoms with Gasteiger partial charge in [-0.05, 0) is 45.4 Å². The molecule has 2 aromatic carbocycles. The van der Waals surface area contributed by atoms with Crippen LogP contribution in [-0.2, 0) is 6.42 Å². The van der Waals surface area contributed by atoms with Crippen LogP contribution in [0.2, 0.25) is 0 Å². The number of rotatable bonds is 7. The summed E-state index contributed by atoms with van der Waals surface area (Å²) >= 11 is 0. The topological polar surface area (TPSA) is 21.3 Å². The lowest BCUT2D eigenvalue weighted by atomic mass is 9.98. The third kappa shape index (κ3) is 4.33. The molecule has 0 spiro atoms. The van der Waals surface area contributed by atoms with Gasteiger partial charge in [-0.25, -0.2) is 0 Å². The van der Waals surface area contributed by atoms with E-state index < -0.39 is 0 Å². The Kier molecular flexibility index (Phi) is 5.82. The van der Waals surface area contributed by atoms with E-state index in [4.69, 9.17) is 4.74 Å². The highest BCUT2D eigenvalue weighted by atomic mass is 16.5. The molecular weight excluding hydrogens is 258 g/mol. The van der Waals surface area contributed by atoms with Gasteiger partial charge in [-0.15, -0.1) is 0 Å². The van der Waals surface area contributed by atoms with Gasteiger partial charge in [-0.1, -0.05) is 48.0 Å². The number of hydrogen-bond acceptors (Lipinski definition) is 2. The summed E-state index contributed by atoms with van der Waals surface area (Å²) in [4.78, 5) is 0. The number of nitrogens with one attached hydrogen (secondary N) is 1. The third-order valence-electron chi connectivity index (χ3n) is 3.79. The summed E-state index contributed by atoms with van der Waals surface area (Å²) in [6, 6.07) is 17.4. The fourth-order valence-corrected chi connectivity index (χ4v) is 2.58. The number of para-hydroxylation sites is 1. The molecule has 0 amide bonds. The maximum absolute atomic E-state index is 5.75. The second kappa shape index (κ2) is 7.84. The van der Waals surface area contributed by atoms with Crippen molar-refractivity contribution in [3.8, 4) is 5.75 Å². The molecule has 1 atom stereocenters. The van der Waals surface area contributed by atoms with E-state index in [1.807, 2.05) is 20.0 Å². The van der Waals surface area contributed by atoms with E-state index in [1.165, 1.54) is 16.7 Å². The lowest BCUT2D eigenvalue weighted by Crippen LogP contribution is -2.18. The molecule has 1 unspecified atom stereocenters. The minimum atomic E-state index is 0.314. The van der Waals surface area contributed by atoms with Crippen molar-refractivity contribution in [2.24, 2.45) is 0 Å². The Hall–Kier alpha value is -1.80. The molecule has 0 saturated heterocycles. The van der Waals surface area contributed by atoms with Crippen molar-refractivity contribution in [1.82, 2.24) is 5.32 Å². The lowest BCUT2D eigenvalue weighted by molar-refractivity contribution is 0.331. The van der Waals surface area contributed by atoms with Gasteiger partial charge in [0.1, 0.15) is 5.75 Å². The summed E-state index contributed by atoms with van der Waals surface area (Å²) in [5.74, 6) is 0.989. The minimum Gasteiger partial charge on any atom is -0.494 e. The van der Waals surface area contributed by atoms with Crippen LogP contribution in [0.3, 0.4) is 0 Å². The van der Waals surface area contributed by atoms with E-state index >= 15 is 0 Å². The van der Waals surface area contributed by atoms with E-state index in [2.05, 4.69) is 54.7 Å². The fourth-order valence-electron chi connectivity index (χ4n) is 2.58.